The second kappa shape index (κ2) is 6.55. The van der Waals surface area contributed by atoms with Crippen LogP contribution in [-0.2, 0) is 0 Å². The van der Waals surface area contributed by atoms with Crippen LogP contribution in [0.15, 0.2) is 22.7 Å². The Kier molecular flexibility index (Phi) is 5.34. The second-order valence-corrected chi connectivity index (χ2v) is 4.62. The summed E-state index contributed by atoms with van der Waals surface area (Å²) in [6.07, 6.45) is 2.27. The minimum atomic E-state index is 0.691. The molecular weight excluding hydrogens is 264 g/mol. The maximum Gasteiger partial charge on any atom is 0.100 e. The van der Waals surface area contributed by atoms with E-state index < -0.39 is 0 Å². The van der Waals surface area contributed by atoms with E-state index in [0.29, 0.717) is 5.56 Å². The van der Waals surface area contributed by atoms with Crippen molar-refractivity contribution < 1.29 is 0 Å². The number of rotatable bonds is 5. The smallest absolute Gasteiger partial charge is 0.100 e. The molecule has 3 heteroatoms. The molecule has 1 rings (SSSR count). The van der Waals surface area contributed by atoms with Crippen molar-refractivity contribution in [3.8, 4) is 6.07 Å². The van der Waals surface area contributed by atoms with E-state index in [9.17, 15) is 0 Å². The largest absolute Gasteiger partial charge is 0.372 e. The number of hydrogen-bond donors (Lipinski definition) is 0. The molecule has 16 heavy (non-hydrogen) atoms. The summed E-state index contributed by atoms with van der Waals surface area (Å²) >= 11 is 3.43. The molecule has 0 aliphatic heterocycles. The molecule has 0 aliphatic carbocycles. The third-order valence-corrected chi connectivity index (χ3v) is 3.08. The Labute approximate surface area is 106 Å². The zero-order valence-electron chi connectivity index (χ0n) is 9.83. The summed E-state index contributed by atoms with van der Waals surface area (Å²) in [6, 6.07) is 8.09. The number of halogens is 1. The van der Waals surface area contributed by atoms with Gasteiger partial charge in [0, 0.05) is 23.2 Å². The molecule has 2 nitrogen and oxygen atoms in total. The Morgan fingerprint density at radius 1 is 1.25 bits per heavy atom. The van der Waals surface area contributed by atoms with Crippen LogP contribution in [0.5, 0.6) is 0 Å². The molecule has 0 amide bonds. The summed E-state index contributed by atoms with van der Waals surface area (Å²) in [4.78, 5) is 2.35. The van der Waals surface area contributed by atoms with Crippen LogP contribution < -0.4 is 4.90 Å². The van der Waals surface area contributed by atoms with Gasteiger partial charge in [0.15, 0.2) is 0 Å². The van der Waals surface area contributed by atoms with Crippen LogP contribution in [0.25, 0.3) is 0 Å². The fourth-order valence-electron chi connectivity index (χ4n) is 1.70. The van der Waals surface area contributed by atoms with Gasteiger partial charge in [-0.3, -0.25) is 0 Å². The monoisotopic (exact) mass is 280 g/mol. The highest BCUT2D eigenvalue weighted by Gasteiger charge is 2.06. The van der Waals surface area contributed by atoms with E-state index in [1.807, 2.05) is 18.2 Å². The molecule has 0 atom stereocenters. The summed E-state index contributed by atoms with van der Waals surface area (Å²) in [7, 11) is 0. The highest BCUT2D eigenvalue weighted by molar-refractivity contribution is 9.10. The van der Waals surface area contributed by atoms with Gasteiger partial charge in [-0.05, 0) is 47.0 Å². The van der Waals surface area contributed by atoms with Gasteiger partial charge in [-0.15, -0.1) is 0 Å². The van der Waals surface area contributed by atoms with Crippen molar-refractivity contribution in [1.82, 2.24) is 0 Å². The number of nitrogens with zero attached hydrogens (tertiary/aromatic N) is 2. The molecule has 0 fully saturated rings. The fraction of sp³-hybridized carbons (Fsp3) is 0.462. The number of benzene rings is 1. The topological polar surface area (TPSA) is 27.0 Å². The van der Waals surface area contributed by atoms with Crippen LogP contribution in [0, 0.1) is 11.3 Å². The van der Waals surface area contributed by atoms with Gasteiger partial charge in [0.25, 0.3) is 0 Å². The quantitative estimate of drug-likeness (QED) is 0.817. The first-order chi connectivity index (χ1) is 7.72. The fourth-order valence-corrected chi connectivity index (χ4v) is 2.16. The molecule has 0 saturated carbocycles. The Morgan fingerprint density at radius 3 is 2.31 bits per heavy atom. The first-order valence-corrected chi connectivity index (χ1v) is 6.46. The Hall–Kier alpha value is -1.01. The van der Waals surface area contributed by atoms with Crippen molar-refractivity contribution in [3.05, 3.63) is 28.2 Å². The van der Waals surface area contributed by atoms with Crippen LogP contribution >= 0.6 is 15.9 Å². The van der Waals surface area contributed by atoms with E-state index in [1.165, 1.54) is 5.69 Å². The number of anilines is 1. The Morgan fingerprint density at radius 2 is 1.88 bits per heavy atom. The molecule has 0 saturated heterocycles. The van der Waals surface area contributed by atoms with Gasteiger partial charge in [-0.25, -0.2) is 0 Å². The normalized spacial score (nSPS) is 9.88. The van der Waals surface area contributed by atoms with E-state index in [0.717, 1.165) is 30.4 Å². The number of hydrogen-bond acceptors (Lipinski definition) is 2. The van der Waals surface area contributed by atoms with Crippen LogP contribution in [0.2, 0.25) is 0 Å². The minimum Gasteiger partial charge on any atom is -0.372 e. The molecule has 0 aliphatic rings. The lowest BCUT2D eigenvalue weighted by Crippen LogP contribution is -2.24. The predicted octanol–water partition coefficient (Wildman–Crippen LogP) is 3.95. The van der Waals surface area contributed by atoms with Crippen LogP contribution in [0.3, 0.4) is 0 Å². The summed E-state index contributed by atoms with van der Waals surface area (Å²) < 4.78 is 0.879. The minimum absolute atomic E-state index is 0.691. The zero-order chi connectivity index (χ0) is 12.0. The summed E-state index contributed by atoms with van der Waals surface area (Å²) in [5, 5.41) is 8.86. The van der Waals surface area contributed by atoms with Gasteiger partial charge in [-0.1, -0.05) is 13.8 Å². The second-order valence-electron chi connectivity index (χ2n) is 3.76. The lowest BCUT2D eigenvalue weighted by Gasteiger charge is -2.24. The lowest BCUT2D eigenvalue weighted by molar-refractivity contribution is 0.745. The van der Waals surface area contributed by atoms with Crippen LogP contribution in [0.1, 0.15) is 32.3 Å². The standard InChI is InChI=1S/C13H17BrN2/c1-3-7-16(8-4-2)12-6-5-11(10-15)13(14)9-12/h5-6,9H,3-4,7-8H2,1-2H3. The molecule has 1 aromatic carbocycles. The summed E-state index contributed by atoms with van der Waals surface area (Å²) in [5.41, 5.74) is 1.88. The molecule has 0 aromatic heterocycles. The molecule has 0 heterocycles. The molecule has 0 bridgehead atoms. The Balaban J connectivity index is 2.93. The first kappa shape index (κ1) is 13.1. The lowest BCUT2D eigenvalue weighted by atomic mass is 10.2. The van der Waals surface area contributed by atoms with E-state index >= 15 is 0 Å². The van der Waals surface area contributed by atoms with Crippen molar-refractivity contribution in [3.63, 3.8) is 0 Å². The maximum absolute atomic E-state index is 8.86. The number of nitriles is 1. The molecule has 0 spiro atoms. The van der Waals surface area contributed by atoms with E-state index in [-0.39, 0.29) is 0 Å². The first-order valence-electron chi connectivity index (χ1n) is 5.67. The van der Waals surface area contributed by atoms with Crippen LogP contribution in [-0.4, -0.2) is 13.1 Å². The van der Waals surface area contributed by atoms with Crippen LogP contribution in [0.4, 0.5) is 5.69 Å². The molecule has 0 unspecified atom stereocenters. The maximum atomic E-state index is 8.86. The molecule has 0 radical (unpaired) electrons. The van der Waals surface area contributed by atoms with Crippen molar-refractivity contribution in [2.24, 2.45) is 0 Å². The molecule has 86 valence electrons. The highest BCUT2D eigenvalue weighted by Crippen LogP contribution is 2.24. The van der Waals surface area contributed by atoms with Gasteiger partial charge < -0.3 is 4.90 Å². The highest BCUT2D eigenvalue weighted by atomic mass is 79.9. The molecular formula is C13H17BrN2. The van der Waals surface area contributed by atoms with Crippen molar-refractivity contribution in [2.45, 2.75) is 26.7 Å². The van der Waals surface area contributed by atoms with Gasteiger partial charge in [0.1, 0.15) is 6.07 Å². The van der Waals surface area contributed by atoms with Crippen molar-refractivity contribution in [1.29, 1.82) is 5.26 Å². The zero-order valence-corrected chi connectivity index (χ0v) is 11.4. The van der Waals surface area contributed by atoms with E-state index in [1.54, 1.807) is 0 Å². The SMILES string of the molecule is CCCN(CCC)c1ccc(C#N)c(Br)c1. The van der Waals surface area contributed by atoms with Gasteiger partial charge >= 0.3 is 0 Å². The van der Waals surface area contributed by atoms with Crippen molar-refractivity contribution >= 4 is 21.6 Å². The Bertz CT molecular complexity index is 376. The third-order valence-electron chi connectivity index (χ3n) is 2.43. The van der Waals surface area contributed by atoms with E-state index in [4.69, 9.17) is 5.26 Å². The van der Waals surface area contributed by atoms with Gasteiger partial charge in [0.05, 0.1) is 5.56 Å². The van der Waals surface area contributed by atoms with Crippen molar-refractivity contribution in [2.75, 3.05) is 18.0 Å². The third kappa shape index (κ3) is 3.24. The van der Waals surface area contributed by atoms with E-state index in [2.05, 4.69) is 40.7 Å². The summed E-state index contributed by atoms with van der Waals surface area (Å²) in [6.45, 7) is 6.49. The molecule has 0 N–H and O–H groups in total. The average Bonchev–Trinajstić information content (AvgIpc) is 2.28. The van der Waals surface area contributed by atoms with Gasteiger partial charge in [-0.2, -0.15) is 5.26 Å². The molecule has 1 aromatic rings. The average molecular weight is 281 g/mol. The summed E-state index contributed by atoms with van der Waals surface area (Å²) in [5.74, 6) is 0. The van der Waals surface area contributed by atoms with Gasteiger partial charge in [0.2, 0.25) is 0 Å². The predicted molar refractivity (Wildman–Crippen MR) is 71.7 cm³/mol.